The number of esters is 1. The highest BCUT2D eigenvalue weighted by Crippen LogP contribution is 2.49. The van der Waals surface area contributed by atoms with Crippen molar-refractivity contribution in [2.75, 3.05) is 6.61 Å². The van der Waals surface area contributed by atoms with Crippen LogP contribution in [0.5, 0.6) is 0 Å². The van der Waals surface area contributed by atoms with Gasteiger partial charge in [0.05, 0.1) is 18.3 Å². The molecule has 0 aromatic heterocycles. The maximum atomic E-state index is 12.2. The van der Waals surface area contributed by atoms with Gasteiger partial charge in [-0.15, -0.1) is 5.73 Å². The summed E-state index contributed by atoms with van der Waals surface area (Å²) in [5.41, 5.74) is 4.74. The zero-order chi connectivity index (χ0) is 15.7. The van der Waals surface area contributed by atoms with E-state index in [0.29, 0.717) is 19.1 Å². The van der Waals surface area contributed by atoms with Crippen molar-refractivity contribution < 1.29 is 14.3 Å². The maximum Gasteiger partial charge on any atom is 0.334 e. The van der Waals surface area contributed by atoms with Crippen LogP contribution in [0, 0.1) is 11.8 Å². The molecule has 4 atom stereocenters. The molecule has 3 fully saturated rings. The topological polar surface area (TPSA) is 38.8 Å². The van der Waals surface area contributed by atoms with Crippen LogP contribution in [0.25, 0.3) is 0 Å². The average molecular weight is 300 g/mol. The molecular weight excluding hydrogens is 276 g/mol. The highest BCUT2D eigenvalue weighted by Gasteiger charge is 2.53. The lowest BCUT2D eigenvalue weighted by Crippen LogP contribution is -2.34. The molecule has 3 rings (SSSR count). The molecule has 0 bridgehead atoms. The van der Waals surface area contributed by atoms with Gasteiger partial charge in [0.15, 0.2) is 0 Å². The minimum absolute atomic E-state index is 0.00263. The molecule has 3 aliphatic rings. The van der Waals surface area contributed by atoms with Crippen molar-refractivity contribution in [1.29, 1.82) is 0 Å². The first-order valence-electron chi connectivity index (χ1n) is 8.12. The summed E-state index contributed by atoms with van der Waals surface area (Å²) in [6, 6.07) is 0. The number of ether oxygens (including phenoxy) is 2. The Bertz CT molecular complexity index is 567. The van der Waals surface area contributed by atoms with Crippen LogP contribution in [0.2, 0.25) is 0 Å². The standard InChI is InChI=1S/C19H24O3/c1-4-5-6-7-15-14-10-11-19(3)17(22-19)9-8-13(2)16(14)12-21-18(15)20/h5,7,14,16-17H,1-2,6,8-12H2,3H3/b15-7-/t14-,16+,17+,19+/m1/s1. The van der Waals surface area contributed by atoms with Gasteiger partial charge < -0.3 is 9.47 Å². The van der Waals surface area contributed by atoms with Crippen molar-refractivity contribution in [2.24, 2.45) is 11.8 Å². The number of carbonyl (C=O) groups is 1. The summed E-state index contributed by atoms with van der Waals surface area (Å²) >= 11 is 0. The van der Waals surface area contributed by atoms with Crippen LogP contribution < -0.4 is 0 Å². The van der Waals surface area contributed by atoms with Gasteiger partial charge in [0, 0.05) is 17.4 Å². The third-order valence-electron chi connectivity index (χ3n) is 5.35. The Morgan fingerprint density at radius 1 is 1.41 bits per heavy atom. The van der Waals surface area contributed by atoms with Gasteiger partial charge in [0.2, 0.25) is 0 Å². The van der Waals surface area contributed by atoms with Crippen LogP contribution >= 0.6 is 0 Å². The molecule has 2 saturated heterocycles. The highest BCUT2D eigenvalue weighted by atomic mass is 16.6. The highest BCUT2D eigenvalue weighted by molar-refractivity contribution is 5.90. The molecular formula is C19H24O3. The van der Waals surface area contributed by atoms with E-state index in [1.165, 1.54) is 5.57 Å². The molecule has 0 aromatic carbocycles. The summed E-state index contributed by atoms with van der Waals surface area (Å²) in [7, 11) is 0. The first kappa shape index (κ1) is 15.3. The van der Waals surface area contributed by atoms with Gasteiger partial charge in [-0.2, -0.15) is 0 Å². The summed E-state index contributed by atoms with van der Waals surface area (Å²) in [6.07, 6.45) is 8.76. The van der Waals surface area contributed by atoms with Gasteiger partial charge in [-0.1, -0.05) is 24.8 Å². The number of epoxide rings is 1. The molecule has 0 radical (unpaired) electrons. The summed E-state index contributed by atoms with van der Waals surface area (Å²) in [5.74, 6) is 0.272. The van der Waals surface area contributed by atoms with E-state index in [1.54, 1.807) is 0 Å². The molecule has 22 heavy (non-hydrogen) atoms. The molecule has 118 valence electrons. The summed E-state index contributed by atoms with van der Waals surface area (Å²) in [4.78, 5) is 12.2. The number of hydrogen-bond donors (Lipinski definition) is 0. The smallest absolute Gasteiger partial charge is 0.334 e. The second-order valence-corrected chi connectivity index (χ2v) is 6.77. The summed E-state index contributed by atoms with van der Waals surface area (Å²) in [5, 5.41) is 0. The maximum absolute atomic E-state index is 12.2. The zero-order valence-electron chi connectivity index (χ0n) is 13.3. The van der Waals surface area contributed by atoms with E-state index in [4.69, 9.17) is 9.47 Å². The van der Waals surface area contributed by atoms with E-state index in [1.807, 2.05) is 12.2 Å². The fourth-order valence-electron chi connectivity index (χ4n) is 3.82. The molecule has 1 saturated carbocycles. The minimum Gasteiger partial charge on any atom is -0.462 e. The van der Waals surface area contributed by atoms with E-state index >= 15 is 0 Å². The van der Waals surface area contributed by atoms with Gasteiger partial charge in [0.25, 0.3) is 0 Å². The first-order valence-corrected chi connectivity index (χ1v) is 8.12. The van der Waals surface area contributed by atoms with Crippen molar-refractivity contribution in [2.45, 2.75) is 50.7 Å². The van der Waals surface area contributed by atoms with E-state index in [9.17, 15) is 4.79 Å². The second-order valence-electron chi connectivity index (χ2n) is 6.77. The number of carbonyl (C=O) groups excluding carboxylic acids is 1. The van der Waals surface area contributed by atoms with Crippen LogP contribution in [-0.4, -0.2) is 24.3 Å². The first-order chi connectivity index (χ1) is 10.5. The Labute approximate surface area is 132 Å². The van der Waals surface area contributed by atoms with Gasteiger partial charge in [-0.05, 0) is 45.1 Å². The number of rotatable bonds is 2. The van der Waals surface area contributed by atoms with E-state index in [0.717, 1.165) is 31.3 Å². The minimum atomic E-state index is -0.177. The van der Waals surface area contributed by atoms with Crippen molar-refractivity contribution in [3.63, 3.8) is 0 Å². The normalized spacial score (nSPS) is 39.5. The second kappa shape index (κ2) is 5.91. The lowest BCUT2D eigenvalue weighted by atomic mass is 9.76. The summed E-state index contributed by atoms with van der Waals surface area (Å²) in [6.45, 7) is 10.5. The number of allylic oxidation sites excluding steroid dienone is 2. The quantitative estimate of drug-likeness (QED) is 0.256. The largest absolute Gasteiger partial charge is 0.462 e. The van der Waals surface area contributed by atoms with E-state index < -0.39 is 0 Å². The lowest BCUT2D eigenvalue weighted by Gasteiger charge is -2.34. The van der Waals surface area contributed by atoms with Crippen molar-refractivity contribution in [1.82, 2.24) is 0 Å². The predicted octanol–water partition coefficient (Wildman–Crippen LogP) is 3.72. The van der Waals surface area contributed by atoms with Crippen molar-refractivity contribution >= 4 is 5.97 Å². The zero-order valence-corrected chi connectivity index (χ0v) is 13.3. The van der Waals surface area contributed by atoms with Crippen LogP contribution in [0.3, 0.4) is 0 Å². The number of fused-ring (bicyclic) bond motifs is 2. The van der Waals surface area contributed by atoms with Gasteiger partial charge in [-0.3, -0.25) is 0 Å². The Hall–Kier alpha value is -1.57. The van der Waals surface area contributed by atoms with E-state index in [-0.39, 0.29) is 23.4 Å². The molecule has 0 amide bonds. The average Bonchev–Trinajstić information content (AvgIpc) is 3.14. The Kier molecular flexibility index (Phi) is 4.12. The third-order valence-corrected chi connectivity index (χ3v) is 5.35. The monoisotopic (exact) mass is 300 g/mol. The molecule has 0 spiro atoms. The predicted molar refractivity (Wildman–Crippen MR) is 85.2 cm³/mol. The molecule has 2 aliphatic heterocycles. The van der Waals surface area contributed by atoms with Crippen LogP contribution in [0.1, 0.15) is 39.0 Å². The molecule has 0 N–H and O–H groups in total. The Balaban J connectivity index is 1.86. The molecule has 2 heterocycles. The van der Waals surface area contributed by atoms with Gasteiger partial charge in [0.1, 0.15) is 0 Å². The van der Waals surface area contributed by atoms with Crippen LogP contribution in [0.4, 0.5) is 0 Å². The Morgan fingerprint density at radius 2 is 2.23 bits per heavy atom. The van der Waals surface area contributed by atoms with Gasteiger partial charge >= 0.3 is 5.97 Å². The molecule has 0 unspecified atom stereocenters. The van der Waals surface area contributed by atoms with Crippen molar-refractivity contribution in [3.05, 3.63) is 42.2 Å². The molecule has 0 aromatic rings. The third kappa shape index (κ3) is 2.84. The number of cyclic esters (lactones) is 1. The SMILES string of the molecule is C=C=CC/C=C1\C(=O)OC[C@H]2C(=C)CC[C@@H]3O[C@@]3(C)CC[C@H]12. The van der Waals surface area contributed by atoms with Gasteiger partial charge in [-0.25, -0.2) is 4.79 Å². The van der Waals surface area contributed by atoms with Crippen molar-refractivity contribution in [3.8, 4) is 0 Å². The summed E-state index contributed by atoms with van der Waals surface area (Å²) < 4.78 is 11.3. The van der Waals surface area contributed by atoms with Crippen LogP contribution in [0.15, 0.2) is 42.2 Å². The van der Waals surface area contributed by atoms with Crippen LogP contribution in [-0.2, 0) is 14.3 Å². The molecule has 1 aliphatic carbocycles. The fraction of sp³-hybridized carbons (Fsp3) is 0.579. The number of hydrogen-bond acceptors (Lipinski definition) is 3. The lowest BCUT2D eigenvalue weighted by molar-refractivity contribution is -0.144. The molecule has 3 nitrogen and oxygen atoms in total. The fourth-order valence-corrected chi connectivity index (χ4v) is 3.82. The Morgan fingerprint density at radius 3 is 3.00 bits per heavy atom. The molecule has 3 heteroatoms. The van der Waals surface area contributed by atoms with E-state index in [2.05, 4.69) is 25.8 Å².